The van der Waals surface area contributed by atoms with Gasteiger partial charge >= 0.3 is 0 Å². The molecule has 0 bridgehead atoms. The second-order valence-electron chi connectivity index (χ2n) is 13.2. The Morgan fingerprint density at radius 1 is 0.558 bits per heavy atom. The molecular weight excluding hydrogens is 689 g/mol. The Kier molecular flexibility index (Phi) is 33.1. The second kappa shape index (κ2) is 35.1. The molecule has 2 atom stereocenters. The van der Waals surface area contributed by atoms with Crippen molar-refractivity contribution >= 4 is 45.2 Å². The van der Waals surface area contributed by atoms with Crippen LogP contribution in [-0.2, 0) is 19.2 Å². The van der Waals surface area contributed by atoms with Crippen molar-refractivity contribution in [2.75, 3.05) is 25.6 Å². The number of hydrogen-bond donors (Lipinski definition) is 2. The van der Waals surface area contributed by atoms with Crippen molar-refractivity contribution in [1.82, 2.24) is 20.4 Å². The lowest BCUT2D eigenvalue weighted by molar-refractivity contribution is -0.128. The normalized spacial score (nSPS) is 12.8. The van der Waals surface area contributed by atoms with Crippen molar-refractivity contribution in [3.8, 4) is 0 Å². The van der Waals surface area contributed by atoms with Gasteiger partial charge in [0.25, 0.3) is 0 Å². The highest BCUT2D eigenvalue weighted by Crippen LogP contribution is 2.24. The van der Waals surface area contributed by atoms with Crippen LogP contribution in [0.3, 0.4) is 0 Å². The third kappa shape index (κ3) is 31.7. The van der Waals surface area contributed by atoms with E-state index in [4.69, 9.17) is 0 Å². The molecule has 2 N–H and O–H groups in total. The maximum absolute atomic E-state index is 12.1. The Morgan fingerprint density at radius 2 is 0.904 bits per heavy atom. The predicted molar refractivity (Wildman–Crippen MR) is 226 cm³/mol. The second-order valence-corrected chi connectivity index (χ2v) is 15.7. The highest BCUT2D eigenvalue weighted by atomic mass is 33.1. The number of nitrogens with one attached hydrogen (secondary N) is 2. The van der Waals surface area contributed by atoms with Gasteiger partial charge in [0.05, 0.1) is 12.1 Å². The number of hydrogen-bond acceptors (Lipinski definition) is 6. The lowest BCUT2D eigenvalue weighted by atomic mass is 10.1. The number of nitrogens with zero attached hydrogens (tertiary/aromatic N) is 2. The summed E-state index contributed by atoms with van der Waals surface area (Å²) in [6.45, 7) is 10.5. The zero-order chi connectivity index (χ0) is 38.7. The van der Waals surface area contributed by atoms with E-state index >= 15 is 0 Å². The van der Waals surface area contributed by atoms with Crippen LogP contribution in [0.5, 0.6) is 0 Å². The van der Waals surface area contributed by atoms with E-state index in [2.05, 4.69) is 48.1 Å². The van der Waals surface area contributed by atoms with E-state index in [1.165, 1.54) is 12.8 Å². The molecule has 1 unspecified atom stereocenters. The van der Waals surface area contributed by atoms with Crippen LogP contribution >= 0.6 is 21.6 Å². The van der Waals surface area contributed by atoms with E-state index in [1.807, 2.05) is 36.7 Å². The van der Waals surface area contributed by atoms with Gasteiger partial charge in [0.1, 0.15) is 0 Å². The summed E-state index contributed by atoms with van der Waals surface area (Å²) in [7, 11) is 7.03. The molecule has 0 saturated carbocycles. The largest absolute Gasteiger partial charge is 0.349 e. The zero-order valence-corrected chi connectivity index (χ0v) is 34.5. The molecule has 0 spiro atoms. The minimum absolute atomic E-state index is 0.0292. The van der Waals surface area contributed by atoms with Crippen LogP contribution in [-0.4, -0.2) is 71.1 Å². The van der Waals surface area contributed by atoms with E-state index < -0.39 is 0 Å². The SMILES string of the molecule is C=CC/C=C/N(C)C(=O)CCCCCCCC/C=C/C(CSSC[C@@H](/C=C/CCCCCCCCC(=O)N(C)/C=C/CC=C)NC(C)=O)NC(C)=O. The van der Waals surface area contributed by atoms with Crippen molar-refractivity contribution in [1.29, 1.82) is 0 Å². The Balaban J connectivity index is 4.22. The zero-order valence-electron chi connectivity index (χ0n) is 32.8. The molecule has 0 saturated heterocycles. The summed E-state index contributed by atoms with van der Waals surface area (Å²) in [6.07, 6.45) is 37.5. The minimum Gasteiger partial charge on any atom is -0.349 e. The maximum atomic E-state index is 12.1. The van der Waals surface area contributed by atoms with E-state index in [0.29, 0.717) is 12.8 Å². The van der Waals surface area contributed by atoms with Crippen molar-refractivity contribution in [2.45, 2.75) is 142 Å². The van der Waals surface area contributed by atoms with Gasteiger partial charge in [-0.15, -0.1) is 13.2 Å². The van der Waals surface area contributed by atoms with Crippen molar-refractivity contribution in [3.63, 3.8) is 0 Å². The average molecular weight is 759 g/mol. The smallest absolute Gasteiger partial charge is 0.226 e. The molecule has 8 nitrogen and oxygen atoms in total. The monoisotopic (exact) mass is 758 g/mol. The number of carbonyl (C=O) groups excluding carboxylic acids is 4. The van der Waals surface area contributed by atoms with Crippen LogP contribution in [0, 0.1) is 0 Å². The molecule has 10 heteroatoms. The number of allylic oxidation sites excluding steroid dienone is 6. The highest BCUT2D eigenvalue weighted by molar-refractivity contribution is 8.76. The molecule has 294 valence electrons. The molecule has 0 aliphatic carbocycles. The number of rotatable bonds is 33. The van der Waals surface area contributed by atoms with E-state index in [-0.39, 0.29) is 35.7 Å². The third-order valence-electron chi connectivity index (χ3n) is 8.17. The minimum atomic E-state index is -0.0390. The van der Waals surface area contributed by atoms with Crippen LogP contribution in [0.4, 0.5) is 0 Å². The van der Waals surface area contributed by atoms with Crippen LogP contribution < -0.4 is 10.6 Å². The molecule has 0 heterocycles. The van der Waals surface area contributed by atoms with Gasteiger partial charge in [-0.05, 0) is 51.4 Å². The molecule has 0 aromatic heterocycles. The summed E-state index contributed by atoms with van der Waals surface area (Å²) in [4.78, 5) is 51.2. The standard InChI is InChI=1S/C42H70N4O4S2/c1-7-9-27-33-45(5)41(49)31-25-21-17-13-11-15-19-23-29-39(43-37(3)47)35-51-52-36-40(44-38(4)48)30-24-20-16-12-14-18-22-26-32-42(50)46(6)34-28-10-8-2/h7-8,23-24,27-30,33-34,39-40H,1-2,9-22,25-26,31-32,35-36H2,3-6H3,(H,43,47)(H,44,48)/b29-23+,30-24+,33-27+,34-28+/t39-,40?/m1/s1. The van der Waals surface area contributed by atoms with E-state index in [1.54, 1.807) is 59.3 Å². The molecule has 0 aliphatic heterocycles. The summed E-state index contributed by atoms with van der Waals surface area (Å²) in [5, 5.41) is 6.08. The summed E-state index contributed by atoms with van der Waals surface area (Å²) in [5.41, 5.74) is 0. The van der Waals surface area contributed by atoms with Crippen molar-refractivity contribution < 1.29 is 19.2 Å². The molecule has 0 aromatic carbocycles. The topological polar surface area (TPSA) is 98.8 Å². The summed E-state index contributed by atoms with van der Waals surface area (Å²) in [5.74, 6) is 1.75. The van der Waals surface area contributed by atoms with Crippen molar-refractivity contribution in [3.05, 3.63) is 74.2 Å². The quantitative estimate of drug-likeness (QED) is 0.0393. The van der Waals surface area contributed by atoms with Gasteiger partial charge in [-0.25, -0.2) is 0 Å². The van der Waals surface area contributed by atoms with Gasteiger partial charge < -0.3 is 20.4 Å². The van der Waals surface area contributed by atoms with Gasteiger partial charge in [0, 0.05) is 64.7 Å². The van der Waals surface area contributed by atoms with Crippen LogP contribution in [0.1, 0.15) is 129 Å². The molecule has 52 heavy (non-hydrogen) atoms. The lowest BCUT2D eigenvalue weighted by Gasteiger charge is -2.16. The highest BCUT2D eigenvalue weighted by Gasteiger charge is 2.10. The fourth-order valence-electron chi connectivity index (χ4n) is 5.22. The molecule has 0 rings (SSSR count). The first-order chi connectivity index (χ1) is 25.1. The number of amides is 4. The molecule has 0 aliphatic rings. The fraction of sp³-hybridized carbons (Fsp3) is 0.619. The summed E-state index contributed by atoms with van der Waals surface area (Å²) < 4.78 is 0. The Bertz CT molecular complexity index is 1040. The molecular formula is C42H70N4O4S2. The van der Waals surface area contributed by atoms with Gasteiger partial charge in [-0.2, -0.15) is 0 Å². The van der Waals surface area contributed by atoms with Gasteiger partial charge in [-0.3, -0.25) is 19.2 Å². The summed E-state index contributed by atoms with van der Waals surface area (Å²) >= 11 is 0. The summed E-state index contributed by atoms with van der Waals surface area (Å²) in [6, 6.07) is -0.0585. The first-order valence-electron chi connectivity index (χ1n) is 19.3. The Morgan fingerprint density at radius 3 is 1.25 bits per heavy atom. The van der Waals surface area contributed by atoms with Gasteiger partial charge in [0.2, 0.25) is 23.6 Å². The molecule has 0 fully saturated rings. The number of carbonyl (C=O) groups is 4. The van der Waals surface area contributed by atoms with E-state index in [0.717, 1.165) is 101 Å². The predicted octanol–water partition coefficient (Wildman–Crippen LogP) is 9.83. The molecule has 0 radical (unpaired) electrons. The van der Waals surface area contributed by atoms with Crippen LogP contribution in [0.2, 0.25) is 0 Å². The van der Waals surface area contributed by atoms with Crippen LogP contribution in [0.15, 0.2) is 74.2 Å². The molecule has 4 amide bonds. The first kappa shape index (κ1) is 49.0. The first-order valence-corrected chi connectivity index (χ1v) is 21.8. The lowest BCUT2D eigenvalue weighted by Crippen LogP contribution is -2.34. The van der Waals surface area contributed by atoms with Gasteiger partial charge in [-0.1, -0.05) is 122 Å². The Hall–Kier alpha value is -2.98. The Labute approximate surface area is 324 Å². The molecule has 0 aromatic rings. The van der Waals surface area contributed by atoms with Gasteiger partial charge in [0.15, 0.2) is 0 Å². The maximum Gasteiger partial charge on any atom is 0.226 e. The fourth-order valence-corrected chi connectivity index (χ4v) is 7.55. The van der Waals surface area contributed by atoms with Crippen LogP contribution in [0.25, 0.3) is 0 Å². The van der Waals surface area contributed by atoms with Crippen molar-refractivity contribution in [2.24, 2.45) is 0 Å². The third-order valence-corrected chi connectivity index (χ3v) is 10.6. The van der Waals surface area contributed by atoms with E-state index in [9.17, 15) is 19.2 Å². The number of unbranched alkanes of at least 4 members (excludes halogenated alkanes) is 12. The average Bonchev–Trinajstić information content (AvgIpc) is 3.10.